The van der Waals surface area contributed by atoms with Gasteiger partial charge in [-0.2, -0.15) is 0 Å². The first kappa shape index (κ1) is 14.9. The summed E-state index contributed by atoms with van der Waals surface area (Å²) in [6, 6.07) is 7.70. The van der Waals surface area contributed by atoms with Crippen LogP contribution in [0.15, 0.2) is 30.3 Å². The molecular weight excluding hydrogens is 280 g/mol. The minimum absolute atomic E-state index is 0.222. The highest BCUT2D eigenvalue weighted by atomic mass is 35.5. The van der Waals surface area contributed by atoms with Gasteiger partial charge >= 0.3 is 0 Å². The summed E-state index contributed by atoms with van der Waals surface area (Å²) in [5.74, 6) is -0.600. The molecule has 0 amide bonds. The second-order valence-corrected chi connectivity index (χ2v) is 5.29. The van der Waals surface area contributed by atoms with E-state index in [-0.39, 0.29) is 17.7 Å². The summed E-state index contributed by atoms with van der Waals surface area (Å²) in [6.45, 7) is 3.41. The van der Waals surface area contributed by atoms with Crippen LogP contribution < -0.4 is 5.32 Å². The van der Waals surface area contributed by atoms with E-state index < -0.39 is 0 Å². The molecule has 0 aliphatic heterocycles. The van der Waals surface area contributed by atoms with Crippen molar-refractivity contribution in [2.75, 3.05) is 7.05 Å². The van der Waals surface area contributed by atoms with Crippen molar-refractivity contribution >= 4 is 11.6 Å². The molecule has 1 nitrogen and oxygen atoms in total. The average molecular weight is 296 g/mol. The second kappa shape index (κ2) is 5.90. The molecule has 1 N–H and O–H groups in total. The maximum atomic E-state index is 14.1. The molecule has 0 heterocycles. The van der Waals surface area contributed by atoms with E-state index in [1.165, 1.54) is 6.07 Å². The smallest absolute Gasteiger partial charge is 0.129 e. The zero-order valence-electron chi connectivity index (χ0n) is 11.6. The molecule has 2 aromatic rings. The Morgan fingerprint density at radius 2 is 1.65 bits per heavy atom. The average Bonchev–Trinajstić information content (AvgIpc) is 2.39. The van der Waals surface area contributed by atoms with Gasteiger partial charge < -0.3 is 5.32 Å². The van der Waals surface area contributed by atoms with Gasteiger partial charge in [-0.25, -0.2) is 8.78 Å². The van der Waals surface area contributed by atoms with E-state index in [4.69, 9.17) is 11.6 Å². The molecule has 1 unspecified atom stereocenters. The Bertz CT molecular complexity index is 617. The molecule has 4 heteroatoms. The minimum atomic E-state index is -0.378. The first-order valence-corrected chi connectivity index (χ1v) is 6.70. The van der Waals surface area contributed by atoms with Crippen LogP contribution in [-0.4, -0.2) is 7.05 Å². The highest BCUT2D eigenvalue weighted by Crippen LogP contribution is 2.28. The van der Waals surface area contributed by atoms with E-state index in [1.54, 1.807) is 45.2 Å². The van der Waals surface area contributed by atoms with Gasteiger partial charge in [0.05, 0.1) is 6.04 Å². The number of hydrogen-bond donors (Lipinski definition) is 1. The van der Waals surface area contributed by atoms with Gasteiger partial charge in [0.15, 0.2) is 0 Å². The predicted molar refractivity (Wildman–Crippen MR) is 78.2 cm³/mol. The molecule has 2 rings (SSSR count). The quantitative estimate of drug-likeness (QED) is 0.876. The van der Waals surface area contributed by atoms with Crippen molar-refractivity contribution in [3.63, 3.8) is 0 Å². The summed E-state index contributed by atoms with van der Waals surface area (Å²) in [6.07, 6.45) is 0. The second-order valence-electron chi connectivity index (χ2n) is 4.86. The van der Waals surface area contributed by atoms with Crippen molar-refractivity contribution in [3.05, 3.63) is 69.2 Å². The van der Waals surface area contributed by atoms with Gasteiger partial charge in [0.25, 0.3) is 0 Å². The van der Waals surface area contributed by atoms with Crippen molar-refractivity contribution in [3.8, 4) is 0 Å². The normalized spacial score (nSPS) is 12.5. The third-order valence-electron chi connectivity index (χ3n) is 3.35. The number of rotatable bonds is 3. The molecule has 0 aliphatic carbocycles. The van der Waals surface area contributed by atoms with Crippen LogP contribution in [0.1, 0.15) is 28.3 Å². The van der Waals surface area contributed by atoms with E-state index in [0.717, 1.165) is 5.56 Å². The van der Waals surface area contributed by atoms with Crippen LogP contribution in [0.3, 0.4) is 0 Å². The Morgan fingerprint density at radius 1 is 1.05 bits per heavy atom. The number of hydrogen-bond acceptors (Lipinski definition) is 1. The largest absolute Gasteiger partial charge is 0.309 e. The summed E-state index contributed by atoms with van der Waals surface area (Å²) < 4.78 is 27.8. The Balaban J connectivity index is 2.52. The fourth-order valence-corrected chi connectivity index (χ4v) is 2.54. The minimum Gasteiger partial charge on any atom is -0.309 e. The number of benzene rings is 2. The zero-order chi connectivity index (χ0) is 14.9. The Hall–Kier alpha value is -1.45. The van der Waals surface area contributed by atoms with Crippen LogP contribution in [0.4, 0.5) is 8.78 Å². The highest BCUT2D eigenvalue weighted by Gasteiger charge is 2.18. The maximum absolute atomic E-state index is 14.1. The molecule has 0 aromatic heterocycles. The van der Waals surface area contributed by atoms with Crippen molar-refractivity contribution in [2.45, 2.75) is 19.9 Å². The van der Waals surface area contributed by atoms with E-state index in [0.29, 0.717) is 21.7 Å². The van der Waals surface area contributed by atoms with Gasteiger partial charge in [0.2, 0.25) is 0 Å². The summed E-state index contributed by atoms with van der Waals surface area (Å²) in [5.41, 5.74) is 2.41. The van der Waals surface area contributed by atoms with Gasteiger partial charge in [-0.3, -0.25) is 0 Å². The van der Waals surface area contributed by atoms with Gasteiger partial charge in [-0.1, -0.05) is 29.8 Å². The fraction of sp³-hybridized carbons (Fsp3) is 0.250. The van der Waals surface area contributed by atoms with Crippen LogP contribution >= 0.6 is 11.6 Å². The molecule has 106 valence electrons. The molecule has 0 aliphatic rings. The molecule has 0 saturated heterocycles. The molecule has 0 fully saturated rings. The summed E-state index contributed by atoms with van der Waals surface area (Å²) in [5, 5.41) is 3.42. The predicted octanol–water partition coefficient (Wildman–Crippen LogP) is 4.54. The van der Waals surface area contributed by atoms with E-state index in [9.17, 15) is 8.78 Å². The molecule has 20 heavy (non-hydrogen) atoms. The van der Waals surface area contributed by atoms with E-state index >= 15 is 0 Å². The lowest BCUT2D eigenvalue weighted by Crippen LogP contribution is -2.19. The van der Waals surface area contributed by atoms with Crippen LogP contribution in [-0.2, 0) is 0 Å². The van der Waals surface area contributed by atoms with Crippen molar-refractivity contribution < 1.29 is 8.78 Å². The molecule has 0 spiro atoms. The van der Waals surface area contributed by atoms with Crippen molar-refractivity contribution in [1.29, 1.82) is 0 Å². The highest BCUT2D eigenvalue weighted by molar-refractivity contribution is 6.30. The van der Waals surface area contributed by atoms with Crippen LogP contribution in [0.25, 0.3) is 0 Å². The third-order valence-corrected chi connectivity index (χ3v) is 3.59. The third kappa shape index (κ3) is 2.84. The molecule has 0 radical (unpaired) electrons. The number of nitrogens with one attached hydrogen (secondary N) is 1. The first-order chi connectivity index (χ1) is 9.43. The fourth-order valence-electron chi connectivity index (χ4n) is 2.38. The molecule has 2 aromatic carbocycles. The molecule has 1 atom stereocenters. The monoisotopic (exact) mass is 295 g/mol. The van der Waals surface area contributed by atoms with E-state index in [2.05, 4.69) is 5.32 Å². The topological polar surface area (TPSA) is 12.0 Å². The number of halogens is 3. The SMILES string of the molecule is CNC(c1cc(C)c(F)c(C)c1)c1ccc(Cl)cc1F. The lowest BCUT2D eigenvalue weighted by atomic mass is 9.95. The lowest BCUT2D eigenvalue weighted by Gasteiger charge is -2.19. The van der Waals surface area contributed by atoms with Gasteiger partial charge in [-0.15, -0.1) is 0 Å². The standard InChI is InChI=1S/C16H16ClF2N/c1-9-6-11(7-10(2)15(9)19)16(20-3)13-5-4-12(17)8-14(13)18/h4-8,16,20H,1-3H3. The molecular formula is C16H16ClF2N. The van der Waals surface area contributed by atoms with Gasteiger partial charge in [0.1, 0.15) is 11.6 Å². The summed E-state index contributed by atoms with van der Waals surface area (Å²) in [7, 11) is 1.74. The van der Waals surface area contributed by atoms with Gasteiger partial charge in [0, 0.05) is 10.6 Å². The Kier molecular flexibility index (Phi) is 4.41. The van der Waals surface area contributed by atoms with Crippen LogP contribution in [0.2, 0.25) is 5.02 Å². The van der Waals surface area contributed by atoms with Gasteiger partial charge in [-0.05, 0) is 49.7 Å². The Labute approximate surface area is 122 Å². The number of aryl methyl sites for hydroxylation is 2. The van der Waals surface area contributed by atoms with Crippen LogP contribution in [0.5, 0.6) is 0 Å². The maximum Gasteiger partial charge on any atom is 0.129 e. The summed E-state index contributed by atoms with van der Waals surface area (Å²) >= 11 is 5.77. The summed E-state index contributed by atoms with van der Waals surface area (Å²) in [4.78, 5) is 0. The lowest BCUT2D eigenvalue weighted by molar-refractivity contribution is 0.573. The molecule has 0 saturated carbocycles. The van der Waals surface area contributed by atoms with Crippen molar-refractivity contribution in [2.24, 2.45) is 0 Å². The Morgan fingerprint density at radius 3 is 2.15 bits per heavy atom. The van der Waals surface area contributed by atoms with Crippen molar-refractivity contribution in [1.82, 2.24) is 5.32 Å². The zero-order valence-corrected chi connectivity index (χ0v) is 12.4. The van der Waals surface area contributed by atoms with E-state index in [1.807, 2.05) is 0 Å². The first-order valence-electron chi connectivity index (χ1n) is 6.33. The molecule has 0 bridgehead atoms. The van der Waals surface area contributed by atoms with Crippen LogP contribution in [0, 0.1) is 25.5 Å².